The van der Waals surface area contributed by atoms with Crippen LogP contribution in [0, 0.1) is 0 Å². The first-order chi connectivity index (χ1) is 11.6. The summed E-state index contributed by atoms with van der Waals surface area (Å²) in [5.74, 6) is -2.16. The summed E-state index contributed by atoms with van der Waals surface area (Å²) >= 11 is 0. The Balaban J connectivity index is 1.75. The van der Waals surface area contributed by atoms with E-state index in [1.807, 2.05) is 7.05 Å². The van der Waals surface area contributed by atoms with E-state index in [0.29, 0.717) is 12.8 Å². The van der Waals surface area contributed by atoms with E-state index in [-0.39, 0.29) is 41.8 Å². The van der Waals surface area contributed by atoms with Gasteiger partial charge in [-0.2, -0.15) is 4.98 Å². The number of rotatable bonds is 5. The molecule has 0 radical (unpaired) electrons. The normalized spacial score (nSPS) is 22.4. The first-order valence-corrected chi connectivity index (χ1v) is 10.1. The molecule has 1 aliphatic carbocycles. The number of anilines is 1. The molecule has 0 unspecified atom stereocenters. The lowest BCUT2D eigenvalue weighted by atomic mass is 9.92. The first-order valence-electron chi connectivity index (χ1n) is 8.19. The van der Waals surface area contributed by atoms with Crippen molar-refractivity contribution in [3.05, 3.63) is 6.07 Å². The van der Waals surface area contributed by atoms with Crippen LogP contribution in [-0.2, 0) is 9.84 Å². The molecule has 0 atom stereocenters. The number of sulfone groups is 1. The maximum Gasteiger partial charge on any atom is 0.252 e. The van der Waals surface area contributed by atoms with Gasteiger partial charge in [0.05, 0.1) is 0 Å². The van der Waals surface area contributed by atoms with Gasteiger partial charge in [0.25, 0.3) is 5.16 Å². The van der Waals surface area contributed by atoms with E-state index < -0.39 is 15.8 Å². The zero-order valence-electron chi connectivity index (χ0n) is 14.2. The number of ether oxygens (including phenoxy) is 1. The Morgan fingerprint density at radius 3 is 2.48 bits per heavy atom. The van der Waals surface area contributed by atoms with Crippen molar-refractivity contribution in [3.63, 3.8) is 0 Å². The number of nitrogens with zero attached hydrogens (tertiary/aromatic N) is 3. The molecule has 25 heavy (non-hydrogen) atoms. The van der Waals surface area contributed by atoms with Gasteiger partial charge in [-0.1, -0.05) is 0 Å². The molecule has 10 heteroatoms. The molecule has 140 valence electrons. The summed E-state index contributed by atoms with van der Waals surface area (Å²) in [6.07, 6.45) is 1.20. The summed E-state index contributed by atoms with van der Waals surface area (Å²) < 4.78 is 55.9. The Morgan fingerprint density at radius 2 is 1.92 bits per heavy atom. The second-order valence-corrected chi connectivity index (χ2v) is 8.79. The van der Waals surface area contributed by atoms with Crippen molar-refractivity contribution in [2.24, 2.45) is 0 Å². The minimum atomic E-state index is -3.62. The fourth-order valence-corrected chi connectivity index (χ4v) is 3.50. The quantitative estimate of drug-likeness (QED) is 0.781. The number of nitrogens with one attached hydrogen (secondary N) is 1. The lowest BCUT2D eigenvalue weighted by molar-refractivity contribution is -0.0361. The highest BCUT2D eigenvalue weighted by Gasteiger charge is 2.35. The zero-order valence-corrected chi connectivity index (χ0v) is 15.0. The number of hydrogen-bond donors (Lipinski definition) is 1. The molecular weight excluding hydrogens is 354 g/mol. The summed E-state index contributed by atoms with van der Waals surface area (Å²) in [5.41, 5.74) is 0. The van der Waals surface area contributed by atoms with Gasteiger partial charge in [0.2, 0.25) is 21.6 Å². The van der Waals surface area contributed by atoms with Crippen molar-refractivity contribution >= 4 is 15.7 Å². The van der Waals surface area contributed by atoms with Gasteiger partial charge in [-0.05, 0) is 19.9 Å². The molecule has 0 amide bonds. The summed E-state index contributed by atoms with van der Waals surface area (Å²) in [5, 5.41) is 2.72. The summed E-state index contributed by atoms with van der Waals surface area (Å²) in [4.78, 5) is 10.0. The highest BCUT2D eigenvalue weighted by molar-refractivity contribution is 7.90. The molecule has 1 saturated heterocycles. The molecule has 2 fully saturated rings. The van der Waals surface area contributed by atoms with Gasteiger partial charge in [-0.3, -0.25) is 4.90 Å². The smallest absolute Gasteiger partial charge is 0.252 e. The number of aromatic nitrogens is 2. The van der Waals surface area contributed by atoms with Crippen LogP contribution < -0.4 is 10.1 Å². The highest BCUT2D eigenvalue weighted by atomic mass is 32.2. The van der Waals surface area contributed by atoms with Crippen molar-refractivity contribution in [1.29, 1.82) is 0 Å². The average molecular weight is 376 g/mol. The molecule has 1 aromatic rings. The standard InChI is InChI=1S/C15H22F2N4O3S/c1-21-8-11(9-21)24-13-7-12(19-14(20-13)25(2,22)23)18-10-3-5-15(16,17)6-4-10/h7,10-11H,3-6,8-9H2,1-2H3,(H,18,19,20). The van der Waals surface area contributed by atoms with E-state index in [0.717, 1.165) is 19.3 Å². The minimum Gasteiger partial charge on any atom is -0.471 e. The molecule has 7 nitrogen and oxygen atoms in total. The average Bonchev–Trinajstić information content (AvgIpc) is 2.47. The molecule has 0 aromatic carbocycles. The molecule has 2 aliphatic rings. The summed E-state index contributed by atoms with van der Waals surface area (Å²) in [7, 11) is -1.66. The Bertz CT molecular complexity index is 728. The number of alkyl halides is 2. The molecule has 0 bridgehead atoms. The topological polar surface area (TPSA) is 84.4 Å². The van der Waals surface area contributed by atoms with Crippen molar-refractivity contribution < 1.29 is 21.9 Å². The van der Waals surface area contributed by atoms with Crippen LogP contribution in [0.15, 0.2) is 11.2 Å². The fourth-order valence-electron chi connectivity index (χ4n) is 2.98. The molecule has 0 spiro atoms. The second kappa shape index (κ2) is 6.64. The van der Waals surface area contributed by atoms with Crippen LogP contribution in [0.5, 0.6) is 5.88 Å². The summed E-state index contributed by atoms with van der Waals surface area (Å²) in [6, 6.07) is 1.35. The Hall–Kier alpha value is -1.55. The Labute approximate surface area is 145 Å². The maximum absolute atomic E-state index is 13.3. The molecule has 3 rings (SSSR count). The van der Waals surface area contributed by atoms with Crippen molar-refractivity contribution in [3.8, 4) is 5.88 Å². The van der Waals surface area contributed by atoms with Crippen LogP contribution in [-0.4, -0.2) is 67.7 Å². The van der Waals surface area contributed by atoms with E-state index in [4.69, 9.17) is 4.74 Å². The molecule has 1 N–H and O–H groups in total. The molecule has 1 aromatic heterocycles. The second-order valence-electron chi connectivity index (χ2n) is 6.88. The van der Waals surface area contributed by atoms with Gasteiger partial charge in [-0.25, -0.2) is 22.2 Å². The zero-order chi connectivity index (χ0) is 18.2. The third-order valence-electron chi connectivity index (χ3n) is 4.40. The highest BCUT2D eigenvalue weighted by Crippen LogP contribution is 2.34. The molecular formula is C15H22F2N4O3S. The Kier molecular flexibility index (Phi) is 4.84. The van der Waals surface area contributed by atoms with Crippen LogP contribution in [0.3, 0.4) is 0 Å². The van der Waals surface area contributed by atoms with E-state index >= 15 is 0 Å². The number of likely N-dealkylation sites (tertiary alicyclic amines) is 1. The van der Waals surface area contributed by atoms with Crippen LogP contribution in [0.4, 0.5) is 14.6 Å². The van der Waals surface area contributed by atoms with Gasteiger partial charge in [-0.15, -0.1) is 0 Å². The van der Waals surface area contributed by atoms with Crippen molar-refractivity contribution in [1.82, 2.24) is 14.9 Å². The van der Waals surface area contributed by atoms with Gasteiger partial charge >= 0.3 is 0 Å². The van der Waals surface area contributed by atoms with Gasteiger partial charge < -0.3 is 10.1 Å². The first kappa shape index (κ1) is 18.2. The summed E-state index contributed by atoms with van der Waals surface area (Å²) in [6.45, 7) is 1.47. The largest absolute Gasteiger partial charge is 0.471 e. The Morgan fingerprint density at radius 1 is 1.28 bits per heavy atom. The molecule has 2 heterocycles. The van der Waals surface area contributed by atoms with E-state index in [2.05, 4.69) is 20.2 Å². The number of hydrogen-bond acceptors (Lipinski definition) is 7. The third kappa shape index (κ3) is 4.75. The monoisotopic (exact) mass is 376 g/mol. The fraction of sp³-hybridized carbons (Fsp3) is 0.733. The van der Waals surface area contributed by atoms with E-state index in [1.165, 1.54) is 6.07 Å². The van der Waals surface area contributed by atoms with Crippen molar-refractivity contribution in [2.75, 3.05) is 31.7 Å². The van der Waals surface area contributed by atoms with Gasteiger partial charge in [0.15, 0.2) is 0 Å². The predicted molar refractivity (Wildman–Crippen MR) is 87.9 cm³/mol. The van der Waals surface area contributed by atoms with Crippen LogP contribution >= 0.6 is 0 Å². The number of likely N-dealkylation sites (N-methyl/N-ethyl adjacent to an activating group) is 1. The maximum atomic E-state index is 13.3. The lowest BCUT2D eigenvalue weighted by Crippen LogP contribution is -2.51. The van der Waals surface area contributed by atoms with Crippen molar-refractivity contribution in [2.45, 2.75) is 48.9 Å². The van der Waals surface area contributed by atoms with Gasteiger partial charge in [0.1, 0.15) is 11.9 Å². The van der Waals surface area contributed by atoms with Crippen LogP contribution in [0.1, 0.15) is 25.7 Å². The lowest BCUT2D eigenvalue weighted by Gasteiger charge is -2.35. The van der Waals surface area contributed by atoms with E-state index in [1.54, 1.807) is 0 Å². The number of halogens is 2. The SMILES string of the molecule is CN1CC(Oc2cc(NC3CCC(F)(F)CC3)nc(S(C)(=O)=O)n2)C1. The third-order valence-corrected chi connectivity index (χ3v) is 5.25. The van der Waals surface area contributed by atoms with Gasteiger partial charge in [0, 0.05) is 44.3 Å². The van der Waals surface area contributed by atoms with E-state index in [9.17, 15) is 17.2 Å². The molecule has 1 saturated carbocycles. The van der Waals surface area contributed by atoms with Crippen LogP contribution in [0.2, 0.25) is 0 Å². The minimum absolute atomic E-state index is 0.0477. The molecule has 1 aliphatic heterocycles. The predicted octanol–water partition coefficient (Wildman–Crippen LogP) is 1.56. The van der Waals surface area contributed by atoms with Crippen LogP contribution in [0.25, 0.3) is 0 Å².